The minimum Gasteiger partial charge on any atom is -0.356 e. The van der Waals surface area contributed by atoms with Crippen LogP contribution in [0.15, 0.2) is 23.5 Å². The molecule has 24 heavy (non-hydrogen) atoms. The maximum absolute atomic E-state index is 4.52. The Balaban J connectivity index is 0.00000208. The minimum absolute atomic E-state index is 0. The molecular formula is C19H31IN4. The monoisotopic (exact) mass is 442 g/mol. The Bertz CT molecular complexity index is 552. The quantitative estimate of drug-likeness (QED) is 0.440. The molecule has 1 aromatic heterocycles. The number of likely N-dealkylation sites (tertiary alicyclic amines) is 1. The van der Waals surface area contributed by atoms with Gasteiger partial charge in [0.05, 0.1) is 0 Å². The first-order chi connectivity index (χ1) is 11.2. The maximum atomic E-state index is 4.52. The number of aromatic nitrogens is 1. The first-order valence-corrected chi connectivity index (χ1v) is 9.08. The molecular weight excluding hydrogens is 411 g/mol. The second-order valence-electron chi connectivity index (χ2n) is 7.26. The highest BCUT2D eigenvalue weighted by Gasteiger charge is 2.39. The standard InChI is InChI=1S/C19H30N4.HI/c1-16-14-21-11-6-17(16)7-12-22-18(20-2)23-13-10-19(15-23)8-4-3-5-9-19;/h6,11,14H,3-5,7-10,12-13,15H2,1-2H3,(H,20,22);1H. The van der Waals surface area contributed by atoms with E-state index in [1.807, 2.05) is 19.4 Å². The topological polar surface area (TPSA) is 40.5 Å². The number of aryl methyl sites for hydroxylation is 1. The fourth-order valence-corrected chi connectivity index (χ4v) is 4.25. The number of nitrogens with one attached hydrogen (secondary N) is 1. The van der Waals surface area contributed by atoms with E-state index in [0.717, 1.165) is 25.5 Å². The molecule has 1 saturated heterocycles. The van der Waals surface area contributed by atoms with E-state index in [1.54, 1.807) is 0 Å². The average Bonchev–Trinajstić information content (AvgIpc) is 2.97. The Kier molecular flexibility index (Phi) is 7.32. The van der Waals surface area contributed by atoms with Crippen molar-refractivity contribution in [1.82, 2.24) is 15.2 Å². The maximum Gasteiger partial charge on any atom is 0.193 e. The van der Waals surface area contributed by atoms with Crippen LogP contribution in [0.1, 0.15) is 49.7 Å². The van der Waals surface area contributed by atoms with Crippen LogP contribution in [0.2, 0.25) is 0 Å². The van der Waals surface area contributed by atoms with Crippen LogP contribution in [-0.4, -0.2) is 42.5 Å². The van der Waals surface area contributed by atoms with E-state index in [4.69, 9.17) is 0 Å². The van der Waals surface area contributed by atoms with Gasteiger partial charge in [-0.25, -0.2) is 0 Å². The Hall–Kier alpha value is -0.850. The lowest BCUT2D eigenvalue weighted by molar-refractivity contribution is 0.203. The number of guanidine groups is 1. The van der Waals surface area contributed by atoms with Gasteiger partial charge in [-0.2, -0.15) is 0 Å². The third-order valence-corrected chi connectivity index (χ3v) is 5.68. The Morgan fingerprint density at radius 3 is 2.79 bits per heavy atom. The average molecular weight is 442 g/mol. The smallest absolute Gasteiger partial charge is 0.193 e. The summed E-state index contributed by atoms with van der Waals surface area (Å²) in [6.07, 6.45) is 13.3. The van der Waals surface area contributed by atoms with Crippen molar-refractivity contribution in [2.24, 2.45) is 10.4 Å². The molecule has 2 aliphatic rings. The fourth-order valence-electron chi connectivity index (χ4n) is 4.25. The van der Waals surface area contributed by atoms with Crippen LogP contribution in [0.5, 0.6) is 0 Å². The fraction of sp³-hybridized carbons (Fsp3) is 0.684. The highest BCUT2D eigenvalue weighted by molar-refractivity contribution is 14.0. The van der Waals surface area contributed by atoms with Crippen LogP contribution < -0.4 is 5.32 Å². The van der Waals surface area contributed by atoms with Crippen molar-refractivity contribution in [3.63, 3.8) is 0 Å². The van der Waals surface area contributed by atoms with Crippen molar-refractivity contribution in [1.29, 1.82) is 0 Å². The van der Waals surface area contributed by atoms with Crippen molar-refractivity contribution >= 4 is 29.9 Å². The van der Waals surface area contributed by atoms with Crippen LogP contribution in [0.4, 0.5) is 0 Å². The summed E-state index contributed by atoms with van der Waals surface area (Å²) in [5.41, 5.74) is 3.22. The van der Waals surface area contributed by atoms with Crippen molar-refractivity contribution in [2.45, 2.75) is 51.9 Å². The Labute approximate surface area is 163 Å². The van der Waals surface area contributed by atoms with E-state index in [2.05, 4.69) is 33.2 Å². The second kappa shape index (κ2) is 9.02. The van der Waals surface area contributed by atoms with Crippen molar-refractivity contribution in [3.8, 4) is 0 Å². The molecule has 0 unspecified atom stereocenters. The van der Waals surface area contributed by atoms with E-state index in [1.165, 1.54) is 56.2 Å². The number of hydrogen-bond donors (Lipinski definition) is 1. The third-order valence-electron chi connectivity index (χ3n) is 5.68. The molecule has 1 aliphatic carbocycles. The lowest BCUT2D eigenvalue weighted by atomic mass is 9.73. The number of nitrogens with zero attached hydrogens (tertiary/aromatic N) is 3. The lowest BCUT2D eigenvalue weighted by Gasteiger charge is -2.33. The van der Waals surface area contributed by atoms with Gasteiger partial charge < -0.3 is 10.2 Å². The minimum atomic E-state index is 0. The van der Waals surface area contributed by atoms with E-state index >= 15 is 0 Å². The zero-order chi connectivity index (χ0) is 16.1. The number of pyridine rings is 1. The summed E-state index contributed by atoms with van der Waals surface area (Å²) in [7, 11) is 1.91. The molecule has 2 heterocycles. The van der Waals surface area contributed by atoms with Gasteiger partial charge in [0.25, 0.3) is 0 Å². The summed E-state index contributed by atoms with van der Waals surface area (Å²) in [6.45, 7) is 5.42. The van der Waals surface area contributed by atoms with Crippen LogP contribution in [0.25, 0.3) is 0 Å². The predicted octanol–water partition coefficient (Wildman–Crippen LogP) is 3.78. The molecule has 0 aromatic carbocycles. The normalized spacial score (nSPS) is 20.1. The van der Waals surface area contributed by atoms with Gasteiger partial charge in [0, 0.05) is 39.1 Å². The first-order valence-electron chi connectivity index (χ1n) is 9.08. The number of rotatable bonds is 3. The van der Waals surface area contributed by atoms with Gasteiger partial charge in [0.1, 0.15) is 0 Å². The molecule has 1 saturated carbocycles. The number of hydrogen-bond acceptors (Lipinski definition) is 2. The summed E-state index contributed by atoms with van der Waals surface area (Å²) in [5.74, 6) is 1.08. The molecule has 134 valence electrons. The van der Waals surface area contributed by atoms with E-state index in [9.17, 15) is 0 Å². The van der Waals surface area contributed by atoms with Gasteiger partial charge >= 0.3 is 0 Å². The van der Waals surface area contributed by atoms with Crippen LogP contribution >= 0.6 is 24.0 Å². The Morgan fingerprint density at radius 1 is 1.29 bits per heavy atom. The Morgan fingerprint density at radius 2 is 2.08 bits per heavy atom. The highest BCUT2D eigenvalue weighted by Crippen LogP contribution is 2.43. The predicted molar refractivity (Wildman–Crippen MR) is 111 cm³/mol. The van der Waals surface area contributed by atoms with Gasteiger partial charge in [0.2, 0.25) is 0 Å². The van der Waals surface area contributed by atoms with Crippen LogP contribution in [0.3, 0.4) is 0 Å². The molecule has 3 rings (SSSR count). The third kappa shape index (κ3) is 4.61. The number of halogens is 1. The summed E-state index contributed by atoms with van der Waals surface area (Å²) < 4.78 is 0. The van der Waals surface area contributed by atoms with E-state index < -0.39 is 0 Å². The van der Waals surface area contributed by atoms with Crippen molar-refractivity contribution in [2.75, 3.05) is 26.7 Å². The molecule has 1 aromatic rings. The molecule has 2 fully saturated rings. The second-order valence-corrected chi connectivity index (χ2v) is 7.26. The van der Waals surface area contributed by atoms with Gasteiger partial charge in [-0.05, 0) is 55.2 Å². The molecule has 0 radical (unpaired) electrons. The molecule has 5 heteroatoms. The number of aliphatic imine (C=N–C) groups is 1. The van der Waals surface area contributed by atoms with Gasteiger partial charge in [-0.3, -0.25) is 9.98 Å². The molecule has 1 aliphatic heterocycles. The molecule has 0 atom stereocenters. The van der Waals surface area contributed by atoms with E-state index in [0.29, 0.717) is 5.41 Å². The van der Waals surface area contributed by atoms with Crippen molar-refractivity contribution in [3.05, 3.63) is 29.6 Å². The van der Waals surface area contributed by atoms with Crippen LogP contribution in [-0.2, 0) is 6.42 Å². The molecule has 0 amide bonds. The lowest BCUT2D eigenvalue weighted by Crippen LogP contribution is -2.42. The highest BCUT2D eigenvalue weighted by atomic mass is 127. The van der Waals surface area contributed by atoms with Gasteiger partial charge in [0.15, 0.2) is 5.96 Å². The zero-order valence-corrected chi connectivity index (χ0v) is 17.4. The molecule has 4 nitrogen and oxygen atoms in total. The molecule has 0 bridgehead atoms. The summed E-state index contributed by atoms with van der Waals surface area (Å²) in [6, 6.07) is 2.12. The summed E-state index contributed by atoms with van der Waals surface area (Å²) in [4.78, 5) is 11.2. The van der Waals surface area contributed by atoms with Crippen molar-refractivity contribution < 1.29 is 0 Å². The zero-order valence-electron chi connectivity index (χ0n) is 15.1. The van der Waals surface area contributed by atoms with Gasteiger partial charge in [-0.1, -0.05) is 19.3 Å². The van der Waals surface area contributed by atoms with Gasteiger partial charge in [-0.15, -0.1) is 24.0 Å². The summed E-state index contributed by atoms with van der Waals surface area (Å²) >= 11 is 0. The molecule has 1 N–H and O–H groups in total. The SMILES string of the molecule is CN=C(NCCc1ccncc1C)N1CCC2(CCCCC2)C1.I. The molecule has 1 spiro atoms. The first kappa shape index (κ1) is 19.5. The van der Waals surface area contributed by atoms with E-state index in [-0.39, 0.29) is 24.0 Å². The largest absolute Gasteiger partial charge is 0.356 e. The van der Waals surface area contributed by atoms with Crippen LogP contribution in [0, 0.1) is 12.3 Å². The summed E-state index contributed by atoms with van der Waals surface area (Å²) in [5, 5.41) is 3.56.